The Morgan fingerprint density at radius 3 is 2.35 bits per heavy atom. The minimum Gasteiger partial charge on any atom is -0.480 e. The number of carbonyl (C=O) groups is 3. The minimum atomic E-state index is -1.13. The largest absolute Gasteiger partial charge is 0.480 e. The van der Waals surface area contributed by atoms with Gasteiger partial charge in [0.15, 0.2) is 6.61 Å². The van der Waals surface area contributed by atoms with Crippen molar-refractivity contribution in [3.63, 3.8) is 0 Å². The summed E-state index contributed by atoms with van der Waals surface area (Å²) < 4.78 is 7.48. The van der Waals surface area contributed by atoms with E-state index >= 15 is 0 Å². The van der Waals surface area contributed by atoms with Crippen LogP contribution in [0.15, 0.2) is 72.9 Å². The molecule has 1 fully saturated rings. The summed E-state index contributed by atoms with van der Waals surface area (Å²) in [6, 6.07) is 21.6. The molecule has 1 aliphatic carbocycles. The maximum atomic E-state index is 13.3. The highest BCUT2D eigenvalue weighted by atomic mass is 16.5. The van der Waals surface area contributed by atoms with Gasteiger partial charge in [-0.3, -0.25) is 9.59 Å². The van der Waals surface area contributed by atoms with Gasteiger partial charge in [0.25, 0.3) is 11.7 Å². The molecule has 2 aromatic carbocycles. The number of amides is 1. The van der Waals surface area contributed by atoms with Gasteiger partial charge in [-0.05, 0) is 53.1 Å². The third-order valence-corrected chi connectivity index (χ3v) is 7.09. The Labute approximate surface area is 214 Å². The summed E-state index contributed by atoms with van der Waals surface area (Å²) in [5, 5.41) is 9.21. The first-order valence-electron chi connectivity index (χ1n) is 12.4. The molecule has 0 saturated heterocycles. The second kappa shape index (κ2) is 10.3. The Hall–Kier alpha value is -4.39. The summed E-state index contributed by atoms with van der Waals surface area (Å²) in [7, 11) is 0. The monoisotopic (exact) mass is 496 g/mol. The Morgan fingerprint density at radius 1 is 0.946 bits per heavy atom. The van der Waals surface area contributed by atoms with Crippen LogP contribution in [0.5, 0.6) is 5.75 Å². The number of carboxylic acids is 1. The molecular weight excluding hydrogens is 468 g/mol. The Balaban J connectivity index is 1.76. The third kappa shape index (κ3) is 4.72. The number of carboxylic acid groups (broad SMARTS) is 1. The van der Waals surface area contributed by atoms with Crippen LogP contribution in [0.2, 0.25) is 0 Å². The van der Waals surface area contributed by atoms with E-state index in [2.05, 4.69) is 24.3 Å². The number of pyridine rings is 1. The predicted molar refractivity (Wildman–Crippen MR) is 140 cm³/mol. The van der Waals surface area contributed by atoms with Crippen LogP contribution in [-0.2, 0) is 16.0 Å². The highest BCUT2D eigenvalue weighted by molar-refractivity contribution is 6.44. The van der Waals surface area contributed by atoms with Gasteiger partial charge < -0.3 is 20.0 Å². The van der Waals surface area contributed by atoms with Gasteiger partial charge in [0.05, 0.1) is 11.1 Å². The van der Waals surface area contributed by atoms with Crippen LogP contribution in [0.3, 0.4) is 0 Å². The molecule has 2 heterocycles. The lowest BCUT2D eigenvalue weighted by atomic mass is 9.88. The number of primary amides is 1. The number of hydrogen-bond acceptors (Lipinski definition) is 4. The molecule has 37 heavy (non-hydrogen) atoms. The summed E-state index contributed by atoms with van der Waals surface area (Å²) in [6.45, 7) is -0.569. The number of aromatic nitrogens is 1. The van der Waals surface area contributed by atoms with Crippen molar-refractivity contribution >= 4 is 23.2 Å². The first-order chi connectivity index (χ1) is 18.0. The number of aliphatic carboxylic acids is 1. The molecule has 0 atom stereocenters. The molecule has 1 saturated carbocycles. The average Bonchev–Trinajstić information content (AvgIpc) is 3.54. The smallest absolute Gasteiger partial charge is 0.341 e. The summed E-state index contributed by atoms with van der Waals surface area (Å²) in [5.74, 6) is -2.64. The first kappa shape index (κ1) is 24.3. The minimum absolute atomic E-state index is 0.0874. The zero-order valence-corrected chi connectivity index (χ0v) is 20.4. The topological polar surface area (TPSA) is 111 Å². The van der Waals surface area contributed by atoms with Crippen molar-refractivity contribution in [2.45, 2.75) is 38.0 Å². The lowest BCUT2D eigenvalue weighted by Gasteiger charge is -2.16. The number of fused-ring (bicyclic) bond motifs is 1. The van der Waals surface area contributed by atoms with E-state index < -0.39 is 24.3 Å². The summed E-state index contributed by atoms with van der Waals surface area (Å²) in [6.07, 6.45) is 6.20. The number of Topliss-reactive ketones (excluding diaryl/α,β-unsaturated/α-hetero) is 1. The number of ether oxygens (including phenoxy) is 1. The molecule has 4 aromatic rings. The molecule has 7 nitrogen and oxygen atoms in total. The molecule has 188 valence electrons. The molecule has 7 heteroatoms. The van der Waals surface area contributed by atoms with Gasteiger partial charge in [-0.1, -0.05) is 67.4 Å². The molecule has 1 amide bonds. The van der Waals surface area contributed by atoms with E-state index in [0.29, 0.717) is 11.9 Å². The zero-order valence-electron chi connectivity index (χ0n) is 20.4. The van der Waals surface area contributed by atoms with E-state index in [0.717, 1.165) is 53.6 Å². The van der Waals surface area contributed by atoms with E-state index in [1.165, 1.54) is 0 Å². The molecule has 0 aliphatic heterocycles. The maximum absolute atomic E-state index is 13.3. The Bertz CT molecular complexity index is 1480. The van der Waals surface area contributed by atoms with Gasteiger partial charge in [-0.2, -0.15) is 0 Å². The third-order valence-electron chi connectivity index (χ3n) is 7.09. The van der Waals surface area contributed by atoms with Crippen molar-refractivity contribution in [1.82, 2.24) is 4.40 Å². The van der Waals surface area contributed by atoms with Gasteiger partial charge in [0.2, 0.25) is 0 Å². The van der Waals surface area contributed by atoms with Crippen LogP contribution in [0.25, 0.3) is 16.6 Å². The van der Waals surface area contributed by atoms with Crippen LogP contribution in [0, 0.1) is 0 Å². The van der Waals surface area contributed by atoms with Gasteiger partial charge in [0.1, 0.15) is 5.75 Å². The first-order valence-corrected chi connectivity index (χ1v) is 12.4. The fraction of sp³-hybridized carbons (Fsp3) is 0.233. The SMILES string of the molecule is NC(=O)C(=O)c1c(C2CCCC2)c(Cc2ccccc2-c2ccccc2)n2cccc(OCC(=O)O)c12. The van der Waals surface area contributed by atoms with Crippen molar-refractivity contribution in [1.29, 1.82) is 0 Å². The molecule has 0 radical (unpaired) electrons. The molecule has 1 aliphatic rings. The van der Waals surface area contributed by atoms with Crippen molar-refractivity contribution < 1.29 is 24.2 Å². The van der Waals surface area contributed by atoms with Crippen molar-refractivity contribution in [3.05, 3.63) is 95.3 Å². The Kier molecular flexibility index (Phi) is 6.77. The zero-order chi connectivity index (χ0) is 25.9. The fourth-order valence-electron chi connectivity index (χ4n) is 5.56. The van der Waals surface area contributed by atoms with E-state index in [9.17, 15) is 19.5 Å². The van der Waals surface area contributed by atoms with Crippen molar-refractivity contribution in [3.8, 4) is 16.9 Å². The quantitative estimate of drug-likeness (QED) is 0.251. The highest BCUT2D eigenvalue weighted by Gasteiger charge is 2.33. The number of rotatable bonds is 9. The number of nitrogens with zero attached hydrogens (tertiary/aromatic N) is 1. The lowest BCUT2D eigenvalue weighted by molar-refractivity contribution is -0.139. The summed E-state index contributed by atoms with van der Waals surface area (Å²) >= 11 is 0. The van der Waals surface area contributed by atoms with Crippen LogP contribution in [0.1, 0.15) is 58.8 Å². The number of carbonyl (C=O) groups excluding carboxylic acids is 2. The summed E-state index contributed by atoms with van der Waals surface area (Å²) in [4.78, 5) is 36.8. The van der Waals surface area contributed by atoms with Crippen LogP contribution >= 0.6 is 0 Å². The molecule has 0 unspecified atom stereocenters. The molecule has 2 aromatic heterocycles. The average molecular weight is 497 g/mol. The molecule has 3 N–H and O–H groups in total. The van der Waals surface area contributed by atoms with Crippen LogP contribution < -0.4 is 10.5 Å². The fourth-order valence-corrected chi connectivity index (χ4v) is 5.56. The van der Waals surface area contributed by atoms with E-state index in [-0.39, 0.29) is 17.2 Å². The van der Waals surface area contributed by atoms with Gasteiger partial charge in [0, 0.05) is 18.3 Å². The molecule has 0 bridgehead atoms. The maximum Gasteiger partial charge on any atom is 0.341 e. The van der Waals surface area contributed by atoms with E-state index in [1.54, 1.807) is 12.1 Å². The second-order valence-electron chi connectivity index (χ2n) is 9.38. The number of hydrogen-bond donors (Lipinski definition) is 2. The standard InChI is InChI=1S/C30H28N2O5/c31-30(36)29(35)27-26(20-11-4-5-12-20)23(32-16-8-15-24(28(27)32)37-18-25(33)34)17-21-13-6-7-14-22(21)19-9-2-1-3-10-19/h1-3,6-10,13-16,20H,4-5,11-12,17-18H2,(H2,31,36)(H,33,34). The molecule has 5 rings (SSSR count). The van der Waals surface area contributed by atoms with Crippen molar-refractivity contribution in [2.75, 3.05) is 6.61 Å². The highest BCUT2D eigenvalue weighted by Crippen LogP contribution is 2.43. The predicted octanol–water partition coefficient (Wildman–Crippen LogP) is 4.99. The Morgan fingerprint density at radius 2 is 1.65 bits per heavy atom. The molecular formula is C30H28N2O5. The van der Waals surface area contributed by atoms with Crippen LogP contribution in [-0.4, -0.2) is 33.8 Å². The van der Waals surface area contributed by atoms with Crippen molar-refractivity contribution in [2.24, 2.45) is 5.73 Å². The van der Waals surface area contributed by atoms with Gasteiger partial charge in [-0.15, -0.1) is 0 Å². The van der Waals surface area contributed by atoms with E-state index in [4.69, 9.17) is 10.5 Å². The normalized spacial score (nSPS) is 13.6. The number of nitrogens with two attached hydrogens (primary N) is 1. The number of benzene rings is 2. The second-order valence-corrected chi connectivity index (χ2v) is 9.38. The van der Waals surface area contributed by atoms with E-state index in [1.807, 2.05) is 40.9 Å². The summed E-state index contributed by atoms with van der Waals surface area (Å²) in [5.41, 5.74) is 11.1. The van der Waals surface area contributed by atoms with Crippen LogP contribution in [0.4, 0.5) is 0 Å². The number of ketones is 1. The van der Waals surface area contributed by atoms with Gasteiger partial charge >= 0.3 is 5.97 Å². The lowest BCUT2D eigenvalue weighted by Crippen LogP contribution is -2.24. The van der Waals surface area contributed by atoms with Gasteiger partial charge in [-0.25, -0.2) is 4.79 Å². The molecule has 0 spiro atoms.